The molecule has 1 atom stereocenters. The van der Waals surface area contributed by atoms with Gasteiger partial charge in [0.15, 0.2) is 6.10 Å². The molecule has 0 bridgehead atoms. The van der Waals surface area contributed by atoms with E-state index in [4.69, 9.17) is 9.47 Å². The van der Waals surface area contributed by atoms with Crippen molar-refractivity contribution in [2.45, 2.75) is 251 Å². The summed E-state index contributed by atoms with van der Waals surface area (Å²) >= 11 is 0. The van der Waals surface area contributed by atoms with Gasteiger partial charge in [-0.3, -0.25) is 9.59 Å². The van der Waals surface area contributed by atoms with Gasteiger partial charge in [-0.1, -0.05) is 274 Å². The van der Waals surface area contributed by atoms with Crippen LogP contribution < -0.4 is 0 Å². The maximum absolute atomic E-state index is 12.3. The highest BCUT2D eigenvalue weighted by Gasteiger charge is 2.16. The second-order valence-electron chi connectivity index (χ2n) is 19.7. The van der Waals surface area contributed by atoms with Crippen LogP contribution in [0, 0.1) is 0 Å². The van der Waals surface area contributed by atoms with Crippen molar-refractivity contribution in [1.82, 2.24) is 0 Å². The van der Waals surface area contributed by atoms with Crippen molar-refractivity contribution < 1.29 is 24.2 Å². The van der Waals surface area contributed by atoms with Crippen molar-refractivity contribution in [3.63, 3.8) is 0 Å². The summed E-state index contributed by atoms with van der Waals surface area (Å²) in [5.41, 5.74) is 0. The SMILES string of the molecule is CC/C=C\C/C=C\C/C=C\C/C=C\C/C=C\C/C=C\C/C=C\C/C=C\C/C=C\CCCCCCCCCC(=O)OC(CO)COC(=O)CCCCCCCCCCCCC/C=C\C/C=C\C/C=C\C/C=C\C/C=C\CC. The first kappa shape index (κ1) is 71.3. The van der Waals surface area contributed by atoms with Crippen LogP contribution in [0.25, 0.3) is 0 Å². The number of ether oxygens (including phenoxy) is 2. The van der Waals surface area contributed by atoms with E-state index in [1.54, 1.807) is 0 Å². The fourth-order valence-electron chi connectivity index (χ4n) is 7.99. The first-order valence-electron chi connectivity index (χ1n) is 30.7. The van der Waals surface area contributed by atoms with Crippen LogP contribution >= 0.6 is 0 Å². The van der Waals surface area contributed by atoms with E-state index in [2.05, 4.69) is 184 Å². The predicted octanol–water partition coefficient (Wildman–Crippen LogP) is 21.3. The highest BCUT2D eigenvalue weighted by atomic mass is 16.6. The van der Waals surface area contributed by atoms with E-state index in [9.17, 15) is 14.7 Å². The van der Waals surface area contributed by atoms with E-state index in [0.29, 0.717) is 12.8 Å². The number of esters is 2. The minimum atomic E-state index is -0.794. The third kappa shape index (κ3) is 61.8. The van der Waals surface area contributed by atoms with Gasteiger partial charge in [-0.15, -0.1) is 0 Å². The van der Waals surface area contributed by atoms with Crippen LogP contribution in [0.4, 0.5) is 0 Å². The molecule has 0 aliphatic heterocycles. The molecule has 0 spiro atoms. The number of allylic oxidation sites excluding steroid dienone is 28. The molecule has 0 saturated heterocycles. The molecule has 0 aliphatic carbocycles. The summed E-state index contributed by atoms with van der Waals surface area (Å²) < 4.78 is 10.7. The van der Waals surface area contributed by atoms with Crippen molar-refractivity contribution in [2.75, 3.05) is 13.2 Å². The quantitative estimate of drug-likeness (QED) is 0.0373. The number of aliphatic hydroxyl groups is 1. The number of hydrogen-bond donors (Lipinski definition) is 1. The summed E-state index contributed by atoms with van der Waals surface area (Å²) in [6.07, 6.45) is 100. The molecule has 0 saturated carbocycles. The molecule has 1 N–H and O–H groups in total. The van der Waals surface area contributed by atoms with Gasteiger partial charge in [0, 0.05) is 12.8 Å². The molecule has 0 aromatic rings. The van der Waals surface area contributed by atoms with Crippen molar-refractivity contribution in [1.29, 1.82) is 0 Å². The molecule has 5 heteroatoms. The van der Waals surface area contributed by atoms with Crippen LogP contribution in [0.15, 0.2) is 170 Å². The Hall–Kier alpha value is -4.74. The zero-order valence-corrected chi connectivity index (χ0v) is 48.7. The number of carbonyl (C=O) groups excluding carboxylic acids is 2. The highest BCUT2D eigenvalue weighted by Crippen LogP contribution is 2.15. The van der Waals surface area contributed by atoms with Crippen molar-refractivity contribution in [2.24, 2.45) is 0 Å². The summed E-state index contributed by atoms with van der Waals surface area (Å²) in [6.45, 7) is 3.90. The van der Waals surface area contributed by atoms with Crippen LogP contribution in [0.3, 0.4) is 0 Å². The van der Waals surface area contributed by atoms with Gasteiger partial charge in [-0.05, 0) is 128 Å². The largest absolute Gasteiger partial charge is 0.462 e. The molecule has 0 rings (SSSR count). The third-order valence-corrected chi connectivity index (χ3v) is 12.5. The number of carbonyl (C=O) groups is 2. The van der Waals surface area contributed by atoms with Crippen molar-refractivity contribution in [3.8, 4) is 0 Å². The summed E-state index contributed by atoms with van der Waals surface area (Å²) in [6, 6.07) is 0. The molecule has 0 aromatic carbocycles. The molecule has 0 heterocycles. The molecular weight excluding hydrogens is 933 g/mol. The van der Waals surface area contributed by atoms with E-state index >= 15 is 0 Å². The van der Waals surface area contributed by atoms with Gasteiger partial charge in [0.25, 0.3) is 0 Å². The van der Waals surface area contributed by atoms with E-state index in [-0.39, 0.29) is 25.2 Å². The molecule has 5 nitrogen and oxygen atoms in total. The molecule has 0 aliphatic rings. The molecule has 0 amide bonds. The second kappa shape index (κ2) is 64.5. The maximum atomic E-state index is 12.3. The number of rotatable bonds is 54. The molecule has 76 heavy (non-hydrogen) atoms. The van der Waals surface area contributed by atoms with Gasteiger partial charge in [0.2, 0.25) is 0 Å². The van der Waals surface area contributed by atoms with E-state index in [1.807, 2.05) is 0 Å². The lowest BCUT2D eigenvalue weighted by molar-refractivity contribution is -0.161. The Morgan fingerprint density at radius 2 is 0.526 bits per heavy atom. The normalized spacial score (nSPS) is 13.5. The second-order valence-corrected chi connectivity index (χ2v) is 19.7. The Labute approximate surface area is 468 Å². The van der Waals surface area contributed by atoms with E-state index in [0.717, 1.165) is 135 Å². The molecule has 0 aromatic heterocycles. The lowest BCUT2D eigenvalue weighted by Gasteiger charge is -2.15. The Morgan fingerprint density at radius 3 is 0.789 bits per heavy atom. The fourth-order valence-corrected chi connectivity index (χ4v) is 7.99. The first-order valence-corrected chi connectivity index (χ1v) is 30.7. The molecule has 1 unspecified atom stereocenters. The Kier molecular flexibility index (Phi) is 60.5. The smallest absolute Gasteiger partial charge is 0.306 e. The predicted molar refractivity (Wildman–Crippen MR) is 333 cm³/mol. The number of unbranched alkanes of at least 4 members (excludes halogenated alkanes) is 18. The lowest BCUT2D eigenvalue weighted by atomic mass is 10.0. The highest BCUT2D eigenvalue weighted by molar-refractivity contribution is 5.70. The number of hydrogen-bond acceptors (Lipinski definition) is 5. The standard InChI is InChI=1S/C71H112O5/c1-3-5-7-9-11-13-15-17-19-21-23-25-27-29-31-32-33-34-35-36-37-38-40-42-44-46-48-50-52-54-56-58-60-62-64-66-71(74)76-69(67-72)68-75-70(73)65-63-61-59-57-55-53-51-49-47-45-43-41-39-30-28-26-24-22-20-18-16-14-12-10-8-6-4-2/h5-8,11-14,17-20,23-26,29-31,33-34,36-37,39-40,42,46,48,69,72H,3-4,9-10,15-16,21-22,27-28,32,35,38,41,43-45,47,49-68H2,1-2H3/b7-5-,8-6-,13-11-,14-12-,19-17-,20-18-,25-23-,26-24-,31-29-,34-33-,37-36-,39-30-,42-40-,48-46-. The number of aliphatic hydroxyl groups excluding tert-OH is 1. The van der Waals surface area contributed by atoms with Gasteiger partial charge in [0.05, 0.1) is 6.61 Å². The van der Waals surface area contributed by atoms with E-state index in [1.165, 1.54) is 83.5 Å². The van der Waals surface area contributed by atoms with Gasteiger partial charge in [-0.2, -0.15) is 0 Å². The maximum Gasteiger partial charge on any atom is 0.306 e. The van der Waals surface area contributed by atoms with Gasteiger partial charge >= 0.3 is 11.9 Å². The summed E-state index contributed by atoms with van der Waals surface area (Å²) in [5.74, 6) is -0.616. The zero-order chi connectivity index (χ0) is 54.8. The monoisotopic (exact) mass is 1040 g/mol. The van der Waals surface area contributed by atoms with Crippen LogP contribution in [0.1, 0.15) is 245 Å². The van der Waals surface area contributed by atoms with Crippen molar-refractivity contribution in [3.05, 3.63) is 170 Å². The molecular formula is C71H112O5. The summed E-state index contributed by atoms with van der Waals surface area (Å²) in [7, 11) is 0. The van der Waals surface area contributed by atoms with Crippen LogP contribution in [-0.2, 0) is 19.1 Å². The average molecular weight is 1050 g/mol. The minimum Gasteiger partial charge on any atom is -0.462 e. The van der Waals surface area contributed by atoms with Crippen LogP contribution in [-0.4, -0.2) is 36.4 Å². The third-order valence-electron chi connectivity index (χ3n) is 12.5. The van der Waals surface area contributed by atoms with E-state index < -0.39 is 6.10 Å². The average Bonchev–Trinajstić information content (AvgIpc) is 3.42. The van der Waals surface area contributed by atoms with Gasteiger partial charge in [-0.25, -0.2) is 0 Å². The van der Waals surface area contributed by atoms with Gasteiger partial charge in [0.1, 0.15) is 6.61 Å². The Balaban J connectivity index is 3.61. The molecule has 426 valence electrons. The molecule has 0 fully saturated rings. The first-order chi connectivity index (χ1) is 37.6. The van der Waals surface area contributed by atoms with Crippen LogP contribution in [0.5, 0.6) is 0 Å². The minimum absolute atomic E-state index is 0.0826. The topological polar surface area (TPSA) is 72.8 Å². The Morgan fingerprint density at radius 1 is 0.303 bits per heavy atom. The summed E-state index contributed by atoms with van der Waals surface area (Å²) in [4.78, 5) is 24.6. The lowest BCUT2D eigenvalue weighted by Crippen LogP contribution is -2.28. The zero-order valence-electron chi connectivity index (χ0n) is 48.7. The van der Waals surface area contributed by atoms with Crippen molar-refractivity contribution >= 4 is 11.9 Å². The van der Waals surface area contributed by atoms with Crippen LogP contribution in [0.2, 0.25) is 0 Å². The molecule has 0 radical (unpaired) electrons. The Bertz CT molecular complexity index is 1700. The fraction of sp³-hybridized carbons (Fsp3) is 0.577. The van der Waals surface area contributed by atoms with Gasteiger partial charge < -0.3 is 14.6 Å². The summed E-state index contributed by atoms with van der Waals surface area (Å²) in [5, 5.41) is 9.68.